The van der Waals surface area contributed by atoms with Gasteiger partial charge in [-0.25, -0.2) is 0 Å². The Morgan fingerprint density at radius 3 is 1.66 bits per heavy atom. The van der Waals surface area contributed by atoms with E-state index in [1.54, 1.807) is 24.3 Å². The minimum atomic E-state index is -0.155. The predicted molar refractivity (Wildman–Crippen MR) is 129 cm³/mol. The third-order valence-electron chi connectivity index (χ3n) is 5.70. The summed E-state index contributed by atoms with van der Waals surface area (Å²) in [5.74, 6) is -0.310. The Balaban J connectivity index is 1.67. The van der Waals surface area contributed by atoms with Crippen LogP contribution >= 0.6 is 0 Å². The highest BCUT2D eigenvalue weighted by molar-refractivity contribution is 6.32. The van der Waals surface area contributed by atoms with Gasteiger partial charge in [-0.1, -0.05) is 54.1 Å². The molecule has 0 unspecified atom stereocenters. The molecule has 0 heterocycles. The number of anilines is 4. The van der Waals surface area contributed by atoms with Crippen molar-refractivity contribution >= 4 is 34.3 Å². The Hall–Kier alpha value is -4.18. The molecule has 0 fully saturated rings. The van der Waals surface area contributed by atoms with Crippen LogP contribution in [0.4, 0.5) is 22.7 Å². The quantitative estimate of drug-likeness (QED) is 0.347. The summed E-state index contributed by atoms with van der Waals surface area (Å²) in [7, 11) is 0. The zero-order chi connectivity index (χ0) is 22.2. The summed E-state index contributed by atoms with van der Waals surface area (Å²) in [5.41, 5.74) is 6.87. The van der Waals surface area contributed by atoms with E-state index in [1.165, 1.54) is 0 Å². The van der Waals surface area contributed by atoms with Gasteiger partial charge in [0.2, 0.25) is 0 Å². The lowest BCUT2D eigenvalue weighted by atomic mass is 9.82. The first kappa shape index (κ1) is 19.8. The third-order valence-corrected chi connectivity index (χ3v) is 5.70. The lowest BCUT2D eigenvalue weighted by molar-refractivity contribution is 0.0980. The molecule has 5 rings (SSSR count). The molecule has 0 bridgehead atoms. The zero-order valence-electron chi connectivity index (χ0n) is 17.9. The molecule has 0 saturated heterocycles. The van der Waals surface area contributed by atoms with Crippen molar-refractivity contribution in [2.24, 2.45) is 0 Å². The largest absolute Gasteiger partial charge is 0.355 e. The van der Waals surface area contributed by atoms with Crippen molar-refractivity contribution in [3.05, 3.63) is 118 Å². The van der Waals surface area contributed by atoms with Crippen molar-refractivity contribution in [3.8, 4) is 0 Å². The fourth-order valence-electron chi connectivity index (χ4n) is 4.10. The molecule has 4 nitrogen and oxygen atoms in total. The smallest absolute Gasteiger partial charge is 0.196 e. The van der Waals surface area contributed by atoms with Gasteiger partial charge in [0, 0.05) is 22.5 Å². The van der Waals surface area contributed by atoms with Gasteiger partial charge in [-0.05, 0) is 55.8 Å². The summed E-state index contributed by atoms with van der Waals surface area (Å²) >= 11 is 0. The van der Waals surface area contributed by atoms with Crippen molar-refractivity contribution in [1.82, 2.24) is 0 Å². The predicted octanol–water partition coefficient (Wildman–Crippen LogP) is 6.57. The van der Waals surface area contributed by atoms with Gasteiger partial charge in [0.25, 0.3) is 0 Å². The van der Waals surface area contributed by atoms with E-state index < -0.39 is 0 Å². The van der Waals surface area contributed by atoms with Crippen LogP contribution in [0.3, 0.4) is 0 Å². The number of carbonyl (C=O) groups is 2. The Labute approximate surface area is 186 Å². The molecular formula is C28H22N2O2. The zero-order valence-corrected chi connectivity index (χ0v) is 17.9. The maximum absolute atomic E-state index is 13.6. The number of rotatable bonds is 4. The SMILES string of the molecule is Cc1ccc(Nc2ccc(Nc3cccc(C)c3)c3c2C(=O)c2ccccc2C3=O)cc1. The lowest BCUT2D eigenvalue weighted by Crippen LogP contribution is -2.23. The van der Waals surface area contributed by atoms with Crippen LogP contribution in [0.2, 0.25) is 0 Å². The first-order valence-corrected chi connectivity index (χ1v) is 10.5. The lowest BCUT2D eigenvalue weighted by Gasteiger charge is -2.24. The van der Waals surface area contributed by atoms with E-state index in [-0.39, 0.29) is 11.6 Å². The number of hydrogen-bond acceptors (Lipinski definition) is 4. The molecule has 1 aliphatic rings. The number of benzene rings is 4. The average molecular weight is 418 g/mol. The molecule has 1 aliphatic carbocycles. The second-order valence-corrected chi connectivity index (χ2v) is 8.10. The molecule has 0 aliphatic heterocycles. The van der Waals surface area contributed by atoms with Gasteiger partial charge in [0.1, 0.15) is 0 Å². The molecular weight excluding hydrogens is 396 g/mol. The molecule has 4 aromatic carbocycles. The summed E-state index contributed by atoms with van der Waals surface area (Å²) < 4.78 is 0. The number of ketones is 2. The van der Waals surface area contributed by atoms with Crippen LogP contribution < -0.4 is 10.6 Å². The van der Waals surface area contributed by atoms with Crippen LogP contribution in [0.5, 0.6) is 0 Å². The van der Waals surface area contributed by atoms with Gasteiger partial charge < -0.3 is 10.6 Å². The summed E-state index contributed by atoms with van der Waals surface area (Å²) in [6, 6.07) is 26.6. The van der Waals surface area contributed by atoms with Crippen molar-refractivity contribution in [2.75, 3.05) is 10.6 Å². The molecule has 4 heteroatoms. The van der Waals surface area contributed by atoms with Crippen molar-refractivity contribution in [1.29, 1.82) is 0 Å². The summed E-state index contributed by atoms with van der Waals surface area (Å²) in [6.07, 6.45) is 0. The first-order chi connectivity index (χ1) is 15.5. The maximum Gasteiger partial charge on any atom is 0.196 e. The highest BCUT2D eigenvalue weighted by atomic mass is 16.1. The Morgan fingerprint density at radius 2 is 1.09 bits per heavy atom. The Kier molecular flexibility index (Phi) is 4.83. The fraction of sp³-hybridized carbons (Fsp3) is 0.0714. The molecule has 0 atom stereocenters. The van der Waals surface area contributed by atoms with Crippen molar-refractivity contribution in [3.63, 3.8) is 0 Å². The number of fused-ring (bicyclic) bond motifs is 2. The first-order valence-electron chi connectivity index (χ1n) is 10.5. The molecule has 156 valence electrons. The second-order valence-electron chi connectivity index (χ2n) is 8.10. The van der Waals surface area contributed by atoms with Crippen LogP contribution in [0.25, 0.3) is 0 Å². The van der Waals surface area contributed by atoms with Crippen LogP contribution in [-0.2, 0) is 0 Å². The van der Waals surface area contributed by atoms with Gasteiger partial charge in [0.15, 0.2) is 11.6 Å². The van der Waals surface area contributed by atoms with E-state index >= 15 is 0 Å². The van der Waals surface area contributed by atoms with Gasteiger partial charge in [-0.15, -0.1) is 0 Å². The van der Waals surface area contributed by atoms with Crippen LogP contribution in [-0.4, -0.2) is 11.6 Å². The number of carbonyl (C=O) groups excluding carboxylic acids is 2. The topological polar surface area (TPSA) is 58.2 Å². The second kappa shape index (κ2) is 7.82. The van der Waals surface area contributed by atoms with E-state index in [4.69, 9.17) is 0 Å². The monoisotopic (exact) mass is 418 g/mol. The van der Waals surface area contributed by atoms with E-state index in [9.17, 15) is 9.59 Å². The number of nitrogens with one attached hydrogen (secondary N) is 2. The Bertz CT molecular complexity index is 1370. The summed E-state index contributed by atoms with van der Waals surface area (Å²) in [4.78, 5) is 27.1. The van der Waals surface area contributed by atoms with Gasteiger partial charge in [0.05, 0.1) is 22.5 Å². The van der Waals surface area contributed by atoms with Gasteiger partial charge >= 0.3 is 0 Å². The summed E-state index contributed by atoms with van der Waals surface area (Å²) in [5, 5.41) is 6.69. The number of aryl methyl sites for hydroxylation is 2. The van der Waals surface area contributed by atoms with E-state index in [0.29, 0.717) is 33.6 Å². The van der Waals surface area contributed by atoms with Gasteiger partial charge in [-0.2, -0.15) is 0 Å². The van der Waals surface area contributed by atoms with E-state index in [1.807, 2.05) is 74.5 Å². The Morgan fingerprint density at radius 1 is 0.531 bits per heavy atom. The third kappa shape index (κ3) is 3.46. The van der Waals surface area contributed by atoms with E-state index in [0.717, 1.165) is 22.5 Å². The molecule has 0 saturated carbocycles. The number of hydrogen-bond donors (Lipinski definition) is 2. The molecule has 0 spiro atoms. The normalized spacial score (nSPS) is 12.2. The molecule has 4 aromatic rings. The van der Waals surface area contributed by atoms with Crippen LogP contribution in [0.1, 0.15) is 43.0 Å². The molecule has 0 aromatic heterocycles. The standard InChI is InChI=1S/C28H22N2O2/c1-17-10-12-19(13-11-17)29-23-14-15-24(30-20-7-5-6-18(2)16-20)26-25(23)27(31)21-8-3-4-9-22(21)28(26)32/h3-16,29-30H,1-2H3. The van der Waals surface area contributed by atoms with Crippen molar-refractivity contribution < 1.29 is 9.59 Å². The minimum Gasteiger partial charge on any atom is -0.355 e. The minimum absolute atomic E-state index is 0.155. The summed E-state index contributed by atoms with van der Waals surface area (Å²) in [6.45, 7) is 4.04. The highest BCUT2D eigenvalue weighted by Crippen LogP contribution is 2.38. The maximum atomic E-state index is 13.6. The highest BCUT2D eigenvalue weighted by Gasteiger charge is 2.34. The van der Waals surface area contributed by atoms with Crippen LogP contribution in [0.15, 0.2) is 84.9 Å². The average Bonchev–Trinajstić information content (AvgIpc) is 2.80. The van der Waals surface area contributed by atoms with Crippen LogP contribution in [0, 0.1) is 13.8 Å². The van der Waals surface area contributed by atoms with Gasteiger partial charge in [-0.3, -0.25) is 9.59 Å². The molecule has 0 radical (unpaired) electrons. The van der Waals surface area contributed by atoms with Crippen molar-refractivity contribution in [2.45, 2.75) is 13.8 Å². The molecule has 32 heavy (non-hydrogen) atoms. The van der Waals surface area contributed by atoms with E-state index in [2.05, 4.69) is 10.6 Å². The molecule has 0 amide bonds. The fourth-order valence-corrected chi connectivity index (χ4v) is 4.10. The molecule has 2 N–H and O–H groups in total.